The maximum atomic E-state index is 5.53. The molecule has 1 saturated heterocycles. The summed E-state index contributed by atoms with van der Waals surface area (Å²) in [7, 11) is 0. The fraction of sp³-hybridized carbons (Fsp3) is 0.533. The van der Waals surface area contributed by atoms with E-state index in [4.69, 9.17) is 12.2 Å². The predicted octanol–water partition coefficient (Wildman–Crippen LogP) is 3.73. The predicted molar refractivity (Wildman–Crippen MR) is 82.1 cm³/mol. The van der Waals surface area contributed by atoms with E-state index in [9.17, 15) is 0 Å². The molecule has 18 heavy (non-hydrogen) atoms. The van der Waals surface area contributed by atoms with Crippen LogP contribution in [0.15, 0.2) is 18.2 Å². The second-order valence-corrected chi connectivity index (χ2v) is 5.83. The van der Waals surface area contributed by atoms with Crippen LogP contribution < -0.4 is 5.32 Å². The largest absolute Gasteiger partial charge is 0.349 e. The highest BCUT2D eigenvalue weighted by molar-refractivity contribution is 7.80. The van der Waals surface area contributed by atoms with Crippen LogP contribution in [0.5, 0.6) is 0 Å². The van der Waals surface area contributed by atoms with Crippen LogP contribution in [-0.4, -0.2) is 23.1 Å². The molecular formula is C15H22N2S. The first kappa shape index (κ1) is 13.3. The standard InChI is InChI=1S/C15H22N2S/c1-11-6-7-13(3)14(9-11)16-15(18)17-8-4-5-12(2)10-17/h6-7,9,12H,4-5,8,10H2,1-3H3,(H,16,18)/t12-/m0/s1. The summed E-state index contributed by atoms with van der Waals surface area (Å²) in [5.74, 6) is 0.747. The second kappa shape index (κ2) is 5.70. The van der Waals surface area contributed by atoms with Gasteiger partial charge in [-0.05, 0) is 62.0 Å². The van der Waals surface area contributed by atoms with Crippen molar-refractivity contribution in [1.29, 1.82) is 0 Å². The lowest BCUT2D eigenvalue weighted by Gasteiger charge is -2.33. The van der Waals surface area contributed by atoms with Gasteiger partial charge in [0.2, 0.25) is 0 Å². The molecule has 1 aromatic carbocycles. The lowest BCUT2D eigenvalue weighted by molar-refractivity contribution is 0.276. The normalized spacial score (nSPS) is 19.7. The van der Waals surface area contributed by atoms with Gasteiger partial charge in [-0.15, -0.1) is 0 Å². The van der Waals surface area contributed by atoms with Crippen molar-refractivity contribution >= 4 is 23.0 Å². The molecule has 1 heterocycles. The third-order valence-electron chi connectivity index (χ3n) is 3.58. The van der Waals surface area contributed by atoms with Crippen molar-refractivity contribution in [3.05, 3.63) is 29.3 Å². The molecule has 1 N–H and O–H groups in total. The van der Waals surface area contributed by atoms with Gasteiger partial charge in [-0.1, -0.05) is 19.1 Å². The number of hydrogen-bond donors (Lipinski definition) is 1. The maximum Gasteiger partial charge on any atom is 0.173 e. The Morgan fingerprint density at radius 3 is 2.89 bits per heavy atom. The Labute approximate surface area is 115 Å². The lowest BCUT2D eigenvalue weighted by atomic mass is 10.0. The van der Waals surface area contributed by atoms with Gasteiger partial charge >= 0.3 is 0 Å². The molecule has 0 aromatic heterocycles. The summed E-state index contributed by atoms with van der Waals surface area (Å²) >= 11 is 5.53. The van der Waals surface area contributed by atoms with E-state index in [0.29, 0.717) is 0 Å². The number of nitrogens with one attached hydrogen (secondary N) is 1. The summed E-state index contributed by atoms with van der Waals surface area (Å²) in [6, 6.07) is 6.43. The third-order valence-corrected chi connectivity index (χ3v) is 3.94. The first-order chi connectivity index (χ1) is 8.56. The quantitative estimate of drug-likeness (QED) is 0.776. The second-order valence-electron chi connectivity index (χ2n) is 5.44. The van der Waals surface area contributed by atoms with E-state index in [1.165, 1.54) is 24.0 Å². The van der Waals surface area contributed by atoms with Crippen LogP contribution in [0.1, 0.15) is 30.9 Å². The van der Waals surface area contributed by atoms with Crippen molar-refractivity contribution in [3.8, 4) is 0 Å². The van der Waals surface area contributed by atoms with Crippen LogP contribution in [0.4, 0.5) is 5.69 Å². The fourth-order valence-corrected chi connectivity index (χ4v) is 2.71. The minimum atomic E-state index is 0.747. The minimum Gasteiger partial charge on any atom is -0.349 e. The summed E-state index contributed by atoms with van der Waals surface area (Å²) in [6.45, 7) is 8.68. The van der Waals surface area contributed by atoms with Crippen molar-refractivity contribution in [3.63, 3.8) is 0 Å². The van der Waals surface area contributed by atoms with Crippen LogP contribution in [0.25, 0.3) is 0 Å². The van der Waals surface area contributed by atoms with Gasteiger partial charge in [0, 0.05) is 18.8 Å². The highest BCUT2D eigenvalue weighted by Gasteiger charge is 2.18. The van der Waals surface area contributed by atoms with Crippen molar-refractivity contribution in [2.45, 2.75) is 33.6 Å². The molecule has 1 fully saturated rings. The molecular weight excluding hydrogens is 240 g/mol. The first-order valence-corrected chi connectivity index (χ1v) is 7.10. The van der Waals surface area contributed by atoms with Crippen LogP contribution in [-0.2, 0) is 0 Å². The molecule has 0 radical (unpaired) electrons. The molecule has 0 spiro atoms. The zero-order valence-corrected chi connectivity index (χ0v) is 12.3. The number of likely N-dealkylation sites (tertiary alicyclic amines) is 1. The van der Waals surface area contributed by atoms with Crippen LogP contribution in [0.2, 0.25) is 0 Å². The Hall–Kier alpha value is -1.09. The molecule has 1 atom stereocenters. The molecule has 0 aliphatic carbocycles. The molecule has 0 saturated carbocycles. The zero-order valence-electron chi connectivity index (χ0n) is 11.5. The number of aryl methyl sites for hydroxylation is 2. The van der Waals surface area contributed by atoms with Crippen molar-refractivity contribution in [2.75, 3.05) is 18.4 Å². The summed E-state index contributed by atoms with van der Waals surface area (Å²) < 4.78 is 0. The number of rotatable bonds is 1. The molecule has 0 amide bonds. The number of hydrogen-bond acceptors (Lipinski definition) is 1. The number of benzene rings is 1. The number of piperidine rings is 1. The lowest BCUT2D eigenvalue weighted by Crippen LogP contribution is -2.41. The van der Waals surface area contributed by atoms with Crippen LogP contribution >= 0.6 is 12.2 Å². The van der Waals surface area contributed by atoms with Crippen molar-refractivity contribution in [2.24, 2.45) is 5.92 Å². The highest BCUT2D eigenvalue weighted by atomic mass is 32.1. The van der Waals surface area contributed by atoms with Crippen molar-refractivity contribution < 1.29 is 0 Å². The summed E-state index contributed by atoms with van der Waals surface area (Å²) in [4.78, 5) is 2.30. The van der Waals surface area contributed by atoms with Gasteiger partial charge in [-0.25, -0.2) is 0 Å². The van der Waals surface area contributed by atoms with Gasteiger partial charge in [0.05, 0.1) is 0 Å². The third kappa shape index (κ3) is 3.22. The fourth-order valence-electron chi connectivity index (χ4n) is 2.44. The molecule has 1 aliphatic heterocycles. The minimum absolute atomic E-state index is 0.747. The van der Waals surface area contributed by atoms with E-state index >= 15 is 0 Å². The molecule has 0 unspecified atom stereocenters. The number of thiocarbonyl (C=S) groups is 1. The van der Waals surface area contributed by atoms with Gasteiger partial charge in [0.25, 0.3) is 0 Å². The Morgan fingerprint density at radius 2 is 2.17 bits per heavy atom. The molecule has 1 aromatic rings. The van der Waals surface area contributed by atoms with E-state index in [1.54, 1.807) is 0 Å². The molecule has 0 bridgehead atoms. The van der Waals surface area contributed by atoms with E-state index in [0.717, 1.165) is 29.8 Å². The Balaban J connectivity index is 2.04. The number of nitrogens with zero attached hydrogens (tertiary/aromatic N) is 1. The van der Waals surface area contributed by atoms with E-state index in [1.807, 2.05) is 0 Å². The maximum absolute atomic E-state index is 5.53. The summed E-state index contributed by atoms with van der Waals surface area (Å²) in [6.07, 6.45) is 2.57. The van der Waals surface area contributed by atoms with Crippen molar-refractivity contribution in [1.82, 2.24) is 4.90 Å². The molecule has 3 heteroatoms. The van der Waals surface area contributed by atoms with E-state index in [2.05, 4.69) is 49.2 Å². The van der Waals surface area contributed by atoms with E-state index in [-0.39, 0.29) is 0 Å². The van der Waals surface area contributed by atoms with Gasteiger partial charge < -0.3 is 10.2 Å². The molecule has 98 valence electrons. The average molecular weight is 262 g/mol. The summed E-state index contributed by atoms with van der Waals surface area (Å²) in [5.41, 5.74) is 3.64. The monoisotopic (exact) mass is 262 g/mol. The number of anilines is 1. The average Bonchev–Trinajstić information content (AvgIpc) is 2.34. The van der Waals surface area contributed by atoms with Gasteiger partial charge in [0.1, 0.15) is 0 Å². The van der Waals surface area contributed by atoms with Crippen LogP contribution in [0, 0.1) is 19.8 Å². The zero-order chi connectivity index (χ0) is 13.1. The Kier molecular flexibility index (Phi) is 4.23. The van der Waals surface area contributed by atoms with Crippen LogP contribution in [0.3, 0.4) is 0 Å². The molecule has 2 nitrogen and oxygen atoms in total. The molecule has 2 rings (SSSR count). The highest BCUT2D eigenvalue weighted by Crippen LogP contribution is 2.20. The van der Waals surface area contributed by atoms with Gasteiger partial charge in [0.15, 0.2) is 5.11 Å². The molecule has 1 aliphatic rings. The topological polar surface area (TPSA) is 15.3 Å². The first-order valence-electron chi connectivity index (χ1n) is 6.69. The SMILES string of the molecule is Cc1ccc(C)c(NC(=S)N2CCC[C@H](C)C2)c1. The smallest absolute Gasteiger partial charge is 0.173 e. The van der Waals surface area contributed by atoms with E-state index < -0.39 is 0 Å². The summed E-state index contributed by atoms with van der Waals surface area (Å²) in [5, 5.41) is 4.27. The van der Waals surface area contributed by atoms with Gasteiger partial charge in [-0.2, -0.15) is 0 Å². The van der Waals surface area contributed by atoms with Gasteiger partial charge in [-0.3, -0.25) is 0 Å². The Bertz CT molecular complexity index is 442. The Morgan fingerprint density at radius 1 is 1.39 bits per heavy atom.